The summed E-state index contributed by atoms with van der Waals surface area (Å²) in [5, 5.41) is 0. The molecule has 1 N–H and O–H groups in total. The summed E-state index contributed by atoms with van der Waals surface area (Å²) in [5.74, 6) is 0.857. The van der Waals surface area contributed by atoms with Crippen molar-refractivity contribution in [3.8, 4) is 11.4 Å². The summed E-state index contributed by atoms with van der Waals surface area (Å²) in [7, 11) is 0. The number of H-pyrrole nitrogens is 1. The van der Waals surface area contributed by atoms with Crippen molar-refractivity contribution in [3.63, 3.8) is 0 Å². The monoisotopic (exact) mass is 158 g/mol. The molecule has 12 heavy (non-hydrogen) atoms. The summed E-state index contributed by atoms with van der Waals surface area (Å²) in [4.78, 5) is 11.2. The summed E-state index contributed by atoms with van der Waals surface area (Å²) in [6, 6.07) is 5.74. The zero-order chi connectivity index (χ0) is 8.39. The van der Waals surface area contributed by atoms with Gasteiger partial charge in [0.25, 0.3) is 0 Å². The van der Waals surface area contributed by atoms with Crippen LogP contribution in [0.15, 0.2) is 24.4 Å². The molecule has 0 saturated carbocycles. The van der Waals surface area contributed by atoms with Crippen LogP contribution in [0, 0.1) is 13.1 Å². The predicted molar refractivity (Wildman–Crippen MR) is 45.4 cm³/mol. The zero-order valence-corrected chi connectivity index (χ0v) is 6.70. The predicted octanol–water partition coefficient (Wildman–Crippen LogP) is 1.58. The molecule has 0 bridgehead atoms. The number of imidazole rings is 1. The van der Waals surface area contributed by atoms with Crippen LogP contribution in [0.5, 0.6) is 0 Å². The molecule has 2 rings (SSSR count). The maximum absolute atomic E-state index is 4.16. The smallest absolute Gasteiger partial charge is 0.119 e. The van der Waals surface area contributed by atoms with E-state index in [1.54, 1.807) is 6.20 Å². The van der Waals surface area contributed by atoms with Crippen molar-refractivity contribution in [2.75, 3.05) is 0 Å². The van der Waals surface area contributed by atoms with Gasteiger partial charge < -0.3 is 4.98 Å². The highest BCUT2D eigenvalue weighted by Gasteiger charge is 2.00. The van der Waals surface area contributed by atoms with Crippen molar-refractivity contribution < 1.29 is 0 Å². The van der Waals surface area contributed by atoms with E-state index < -0.39 is 0 Å². The Hall–Kier alpha value is -1.64. The van der Waals surface area contributed by atoms with Gasteiger partial charge in [0.15, 0.2) is 0 Å². The highest BCUT2D eigenvalue weighted by molar-refractivity contribution is 5.51. The number of rotatable bonds is 1. The van der Waals surface area contributed by atoms with E-state index >= 15 is 0 Å². The first-order valence-electron chi connectivity index (χ1n) is 3.72. The van der Waals surface area contributed by atoms with E-state index in [4.69, 9.17) is 0 Å². The third-order valence-electron chi connectivity index (χ3n) is 1.56. The van der Waals surface area contributed by atoms with Gasteiger partial charge in [-0.25, -0.2) is 4.98 Å². The quantitative estimate of drug-likeness (QED) is 0.684. The first-order chi connectivity index (χ1) is 5.86. The minimum Gasteiger partial charge on any atom is -0.340 e. The molecule has 1 radical (unpaired) electrons. The molecule has 0 fully saturated rings. The minimum atomic E-state index is 0.841. The molecule has 0 saturated heterocycles. The lowest BCUT2D eigenvalue weighted by atomic mass is 10.3. The van der Waals surface area contributed by atoms with Crippen molar-refractivity contribution in [1.82, 2.24) is 15.0 Å². The van der Waals surface area contributed by atoms with E-state index in [0.29, 0.717) is 0 Å². The van der Waals surface area contributed by atoms with Gasteiger partial charge in [0, 0.05) is 6.20 Å². The number of nitrogens with zero attached hydrogens (tertiary/aromatic N) is 2. The molecule has 0 aliphatic carbocycles. The van der Waals surface area contributed by atoms with E-state index in [9.17, 15) is 0 Å². The molecule has 0 aliphatic rings. The van der Waals surface area contributed by atoms with E-state index in [1.165, 1.54) is 0 Å². The Morgan fingerprint density at radius 2 is 2.33 bits per heavy atom. The molecule has 3 heteroatoms. The number of nitrogens with one attached hydrogen (secondary N) is 1. The highest BCUT2D eigenvalue weighted by Crippen LogP contribution is 2.11. The third-order valence-corrected chi connectivity index (χ3v) is 1.56. The van der Waals surface area contributed by atoms with E-state index in [-0.39, 0.29) is 0 Å². The molecule has 0 aromatic carbocycles. The van der Waals surface area contributed by atoms with Crippen molar-refractivity contribution in [1.29, 1.82) is 0 Å². The van der Waals surface area contributed by atoms with Crippen molar-refractivity contribution >= 4 is 0 Å². The lowest BCUT2D eigenvalue weighted by Gasteiger charge is -1.92. The van der Waals surface area contributed by atoms with Gasteiger partial charge in [-0.15, -0.1) is 0 Å². The van der Waals surface area contributed by atoms with Crippen LogP contribution in [0.1, 0.15) is 5.82 Å². The molecular formula is C9H8N3. The largest absolute Gasteiger partial charge is 0.340 e. The van der Waals surface area contributed by atoms with Crippen LogP contribution in [0.4, 0.5) is 0 Å². The molecule has 0 aliphatic heterocycles. The Bertz CT molecular complexity index is 364. The fourth-order valence-electron chi connectivity index (χ4n) is 1.01. The number of pyridine rings is 1. The number of aromatic nitrogens is 3. The van der Waals surface area contributed by atoms with E-state index in [0.717, 1.165) is 17.2 Å². The maximum Gasteiger partial charge on any atom is 0.119 e. The lowest BCUT2D eigenvalue weighted by Crippen LogP contribution is -1.81. The molecule has 3 nitrogen and oxygen atoms in total. The van der Waals surface area contributed by atoms with Gasteiger partial charge in [-0.1, -0.05) is 6.07 Å². The molecule has 2 heterocycles. The van der Waals surface area contributed by atoms with Crippen LogP contribution in [0.2, 0.25) is 0 Å². The van der Waals surface area contributed by atoms with Crippen molar-refractivity contribution in [2.24, 2.45) is 0 Å². The Balaban J connectivity index is 2.45. The van der Waals surface area contributed by atoms with Gasteiger partial charge in [-0.2, -0.15) is 0 Å². The summed E-state index contributed by atoms with van der Waals surface area (Å²) in [6.45, 7) is 1.89. The van der Waals surface area contributed by atoms with Crippen LogP contribution in [-0.2, 0) is 0 Å². The Morgan fingerprint density at radius 3 is 2.92 bits per heavy atom. The lowest BCUT2D eigenvalue weighted by molar-refractivity contribution is 1.14. The second-order valence-electron chi connectivity index (χ2n) is 2.52. The molecule has 0 spiro atoms. The Kier molecular flexibility index (Phi) is 1.63. The normalized spacial score (nSPS) is 10.1. The summed E-state index contributed by atoms with van der Waals surface area (Å²) in [5.41, 5.74) is 1.71. The van der Waals surface area contributed by atoms with Gasteiger partial charge in [0.05, 0.1) is 11.4 Å². The molecule has 59 valence electrons. The molecule has 0 amide bonds. The number of hydrogen-bond donors (Lipinski definition) is 1. The summed E-state index contributed by atoms with van der Waals surface area (Å²) in [6.07, 6.45) is 4.60. The van der Waals surface area contributed by atoms with Gasteiger partial charge in [0.1, 0.15) is 12.0 Å². The van der Waals surface area contributed by atoms with Crippen LogP contribution in [0.25, 0.3) is 11.4 Å². The number of hydrogen-bond acceptors (Lipinski definition) is 2. The highest BCUT2D eigenvalue weighted by atomic mass is 14.9. The van der Waals surface area contributed by atoms with Gasteiger partial charge in [-0.3, -0.25) is 4.98 Å². The maximum atomic E-state index is 4.16. The summed E-state index contributed by atoms with van der Waals surface area (Å²) < 4.78 is 0. The Morgan fingerprint density at radius 1 is 1.42 bits per heavy atom. The van der Waals surface area contributed by atoms with Crippen molar-refractivity contribution in [3.05, 3.63) is 36.4 Å². The van der Waals surface area contributed by atoms with Crippen LogP contribution < -0.4 is 0 Å². The van der Waals surface area contributed by atoms with Crippen LogP contribution in [0.3, 0.4) is 0 Å². The second-order valence-corrected chi connectivity index (χ2v) is 2.52. The van der Waals surface area contributed by atoms with Crippen LogP contribution >= 0.6 is 0 Å². The third kappa shape index (κ3) is 1.21. The number of aromatic amines is 1. The van der Waals surface area contributed by atoms with Crippen LogP contribution in [-0.4, -0.2) is 15.0 Å². The van der Waals surface area contributed by atoms with Gasteiger partial charge in [-0.05, 0) is 19.1 Å². The first-order valence-corrected chi connectivity index (χ1v) is 3.72. The van der Waals surface area contributed by atoms with Gasteiger partial charge in [0.2, 0.25) is 0 Å². The number of aryl methyl sites for hydroxylation is 1. The SMILES string of the molecule is Cc1n[c]c(-c2ccccn2)[nH]1. The van der Waals surface area contributed by atoms with E-state index in [2.05, 4.69) is 21.1 Å². The fourth-order valence-corrected chi connectivity index (χ4v) is 1.01. The molecule has 2 aromatic rings. The molecule has 2 aromatic heterocycles. The molecule has 0 unspecified atom stereocenters. The molecule has 0 atom stereocenters. The zero-order valence-electron chi connectivity index (χ0n) is 6.70. The van der Waals surface area contributed by atoms with E-state index in [1.807, 2.05) is 25.1 Å². The molecular weight excluding hydrogens is 150 g/mol. The second kappa shape index (κ2) is 2.77. The van der Waals surface area contributed by atoms with Gasteiger partial charge >= 0.3 is 0 Å². The average molecular weight is 158 g/mol. The average Bonchev–Trinajstić information content (AvgIpc) is 2.54. The Labute approximate surface area is 70.5 Å². The topological polar surface area (TPSA) is 41.6 Å². The standard InChI is InChI=1S/C9H8N3/c1-7-11-6-9(12-7)8-4-2-3-5-10-8/h2-5H,1H3,(H,11,12). The minimum absolute atomic E-state index is 0.841. The van der Waals surface area contributed by atoms with Crippen molar-refractivity contribution in [2.45, 2.75) is 6.92 Å². The summed E-state index contributed by atoms with van der Waals surface area (Å²) >= 11 is 0. The fraction of sp³-hybridized carbons (Fsp3) is 0.111. The first kappa shape index (κ1) is 7.03.